The van der Waals surface area contributed by atoms with Crippen LogP contribution >= 0.6 is 0 Å². The van der Waals surface area contributed by atoms with Crippen molar-refractivity contribution in [3.63, 3.8) is 0 Å². The summed E-state index contributed by atoms with van der Waals surface area (Å²) in [6.45, 7) is 6.12. The Kier molecular flexibility index (Phi) is 4.65. The second-order valence-corrected chi connectivity index (χ2v) is 7.34. The highest BCUT2D eigenvalue weighted by molar-refractivity contribution is 5.72. The first-order valence-corrected chi connectivity index (χ1v) is 8.41. The Bertz CT molecular complexity index is 647. The van der Waals surface area contributed by atoms with E-state index in [1.807, 2.05) is 32.9 Å². The van der Waals surface area contributed by atoms with Gasteiger partial charge in [-0.2, -0.15) is 0 Å². The molecule has 0 aromatic heterocycles. The highest BCUT2D eigenvalue weighted by Gasteiger charge is 2.36. The first-order chi connectivity index (χ1) is 11.3. The number of carbonyl (C=O) groups excluding carboxylic acids is 1. The molecule has 1 aliphatic heterocycles. The van der Waals surface area contributed by atoms with E-state index >= 15 is 0 Å². The highest BCUT2D eigenvalue weighted by atomic mass is 16.6. The molecule has 1 amide bonds. The predicted molar refractivity (Wildman–Crippen MR) is 90.5 cm³/mol. The number of aryl methyl sites for hydroxylation is 1. The number of benzene rings is 1. The molecule has 1 aliphatic carbocycles. The highest BCUT2D eigenvalue weighted by Crippen LogP contribution is 2.39. The molecule has 0 saturated carbocycles. The summed E-state index contributed by atoms with van der Waals surface area (Å²) >= 11 is 0. The van der Waals surface area contributed by atoms with Crippen LogP contribution in [-0.2, 0) is 15.9 Å². The molecule has 1 aromatic rings. The Balaban J connectivity index is 1.95. The molecular formula is C19H25NO4. The van der Waals surface area contributed by atoms with Crippen LogP contribution in [-0.4, -0.2) is 41.0 Å². The lowest BCUT2D eigenvalue weighted by Crippen LogP contribution is -2.41. The van der Waals surface area contributed by atoms with Gasteiger partial charge in [0.25, 0.3) is 0 Å². The minimum atomic E-state index is -0.699. The van der Waals surface area contributed by atoms with Gasteiger partial charge in [0.15, 0.2) is 0 Å². The maximum absolute atomic E-state index is 12.9. The minimum Gasteiger partial charge on any atom is -0.443 e. The lowest BCUT2D eigenvalue weighted by molar-refractivity contribution is 0.00779. The van der Waals surface area contributed by atoms with Crippen LogP contribution in [0.15, 0.2) is 36.0 Å². The van der Waals surface area contributed by atoms with E-state index in [9.17, 15) is 9.90 Å². The molecule has 0 radical (unpaired) electrons. The molecule has 24 heavy (non-hydrogen) atoms. The van der Waals surface area contributed by atoms with Gasteiger partial charge in [0.1, 0.15) is 5.60 Å². The number of aliphatic hydroxyl groups is 1. The number of fused-ring (bicyclic) bond motifs is 1. The Hall–Kier alpha value is -1.85. The van der Waals surface area contributed by atoms with Crippen molar-refractivity contribution < 1.29 is 19.4 Å². The van der Waals surface area contributed by atoms with Crippen LogP contribution in [0.1, 0.15) is 44.4 Å². The van der Waals surface area contributed by atoms with Crippen LogP contribution in [0.4, 0.5) is 4.79 Å². The fourth-order valence-electron chi connectivity index (χ4n) is 3.31. The van der Waals surface area contributed by atoms with E-state index in [0.29, 0.717) is 12.3 Å². The number of rotatable bonds is 2. The molecule has 3 rings (SSSR count). The number of ether oxygens (including phenoxy) is 2. The lowest BCUT2D eigenvalue weighted by atomic mass is 10.1. The van der Waals surface area contributed by atoms with Crippen LogP contribution in [0.2, 0.25) is 0 Å². The Morgan fingerprint density at radius 1 is 1.33 bits per heavy atom. The average molecular weight is 331 g/mol. The monoisotopic (exact) mass is 331 g/mol. The number of hydrogen-bond donors (Lipinski definition) is 1. The molecule has 1 unspecified atom stereocenters. The van der Waals surface area contributed by atoms with E-state index in [-0.39, 0.29) is 12.6 Å². The standard InChI is InChI=1S/C19H25NO4/c1-19(2,3)24-18(22)20(14-10-15(21)12-23-11-14)17-9-8-13-6-4-5-7-16(13)17/h4-7,10,15,17,21H,8-9,11-12H2,1-3H3/t15?,17-/m1/s1. The van der Waals surface area contributed by atoms with E-state index in [1.165, 1.54) is 5.56 Å². The van der Waals surface area contributed by atoms with E-state index in [4.69, 9.17) is 9.47 Å². The summed E-state index contributed by atoms with van der Waals surface area (Å²) in [6, 6.07) is 8.08. The van der Waals surface area contributed by atoms with Crippen LogP contribution in [0.3, 0.4) is 0 Å². The molecule has 0 fully saturated rings. The van der Waals surface area contributed by atoms with E-state index in [2.05, 4.69) is 12.1 Å². The van der Waals surface area contributed by atoms with Gasteiger partial charge in [0, 0.05) is 5.70 Å². The molecule has 2 aliphatic rings. The summed E-state index contributed by atoms with van der Waals surface area (Å²) in [5.74, 6) is 0. The summed E-state index contributed by atoms with van der Waals surface area (Å²) in [5.41, 5.74) is 2.49. The summed E-state index contributed by atoms with van der Waals surface area (Å²) in [5, 5.41) is 9.90. The van der Waals surface area contributed by atoms with Gasteiger partial charge in [-0.3, -0.25) is 4.90 Å². The molecule has 2 atom stereocenters. The van der Waals surface area contributed by atoms with Crippen molar-refractivity contribution in [2.75, 3.05) is 13.2 Å². The normalized spacial score (nSPS) is 23.4. The zero-order chi connectivity index (χ0) is 17.3. The number of amides is 1. The largest absolute Gasteiger partial charge is 0.443 e. The molecule has 5 nitrogen and oxygen atoms in total. The Morgan fingerprint density at radius 3 is 2.79 bits per heavy atom. The maximum atomic E-state index is 12.9. The fourth-order valence-corrected chi connectivity index (χ4v) is 3.31. The van der Waals surface area contributed by atoms with Gasteiger partial charge in [0.2, 0.25) is 0 Å². The van der Waals surface area contributed by atoms with Gasteiger partial charge in [-0.1, -0.05) is 24.3 Å². The lowest BCUT2D eigenvalue weighted by Gasteiger charge is -2.35. The van der Waals surface area contributed by atoms with Crippen molar-refractivity contribution in [2.24, 2.45) is 0 Å². The zero-order valence-electron chi connectivity index (χ0n) is 14.5. The first kappa shape index (κ1) is 17.0. The average Bonchev–Trinajstić information content (AvgIpc) is 2.90. The fraction of sp³-hybridized carbons (Fsp3) is 0.526. The van der Waals surface area contributed by atoms with E-state index in [1.54, 1.807) is 11.0 Å². The molecule has 130 valence electrons. The van der Waals surface area contributed by atoms with Gasteiger partial charge in [-0.05, 0) is 50.8 Å². The van der Waals surface area contributed by atoms with Crippen LogP contribution < -0.4 is 0 Å². The molecule has 1 N–H and O–H groups in total. The molecule has 1 aromatic carbocycles. The molecule has 1 heterocycles. The zero-order valence-corrected chi connectivity index (χ0v) is 14.5. The number of aliphatic hydroxyl groups excluding tert-OH is 1. The molecule has 5 heteroatoms. The summed E-state index contributed by atoms with van der Waals surface area (Å²) in [4.78, 5) is 14.6. The minimum absolute atomic E-state index is 0.0869. The predicted octanol–water partition coefficient (Wildman–Crippen LogP) is 3.19. The van der Waals surface area contributed by atoms with Crippen LogP contribution in [0.5, 0.6) is 0 Å². The first-order valence-electron chi connectivity index (χ1n) is 8.41. The topological polar surface area (TPSA) is 59.0 Å². The van der Waals surface area contributed by atoms with Crippen molar-refractivity contribution in [2.45, 2.75) is 51.4 Å². The summed E-state index contributed by atoms with van der Waals surface area (Å²) < 4.78 is 11.1. The third-order valence-electron chi connectivity index (χ3n) is 4.24. The summed E-state index contributed by atoms with van der Waals surface area (Å²) in [7, 11) is 0. The van der Waals surface area contributed by atoms with E-state index < -0.39 is 17.8 Å². The van der Waals surface area contributed by atoms with Crippen molar-refractivity contribution in [3.05, 3.63) is 47.2 Å². The van der Waals surface area contributed by atoms with Crippen LogP contribution in [0.25, 0.3) is 0 Å². The van der Waals surface area contributed by atoms with E-state index in [0.717, 1.165) is 18.4 Å². The van der Waals surface area contributed by atoms with Gasteiger partial charge in [-0.15, -0.1) is 0 Å². The van der Waals surface area contributed by atoms with Gasteiger partial charge >= 0.3 is 6.09 Å². The maximum Gasteiger partial charge on any atom is 0.415 e. The second kappa shape index (κ2) is 6.57. The third-order valence-corrected chi connectivity index (χ3v) is 4.24. The number of nitrogens with zero attached hydrogens (tertiary/aromatic N) is 1. The smallest absolute Gasteiger partial charge is 0.415 e. The summed E-state index contributed by atoms with van der Waals surface area (Å²) in [6.07, 6.45) is 2.38. The van der Waals surface area contributed by atoms with Gasteiger partial charge in [0.05, 0.1) is 25.4 Å². The molecule has 0 saturated heterocycles. The number of carbonyl (C=O) groups is 1. The van der Waals surface area contributed by atoms with Crippen molar-refractivity contribution in [1.29, 1.82) is 0 Å². The van der Waals surface area contributed by atoms with Crippen molar-refractivity contribution in [3.8, 4) is 0 Å². The van der Waals surface area contributed by atoms with Crippen molar-refractivity contribution in [1.82, 2.24) is 4.90 Å². The Morgan fingerprint density at radius 2 is 2.08 bits per heavy atom. The van der Waals surface area contributed by atoms with Crippen molar-refractivity contribution >= 4 is 6.09 Å². The van der Waals surface area contributed by atoms with Crippen LogP contribution in [0, 0.1) is 0 Å². The van der Waals surface area contributed by atoms with Gasteiger partial charge in [-0.25, -0.2) is 4.79 Å². The molecule has 0 spiro atoms. The van der Waals surface area contributed by atoms with Gasteiger partial charge < -0.3 is 14.6 Å². The third kappa shape index (κ3) is 3.62. The Labute approximate surface area is 142 Å². The number of hydrogen-bond acceptors (Lipinski definition) is 4. The molecular weight excluding hydrogens is 306 g/mol. The second-order valence-electron chi connectivity index (χ2n) is 7.34. The quantitative estimate of drug-likeness (QED) is 0.904. The SMILES string of the molecule is CC(C)(C)OC(=O)N(C1=CC(O)COC1)[C@@H]1CCc2ccccc21. The molecule has 0 bridgehead atoms.